The predicted octanol–water partition coefficient (Wildman–Crippen LogP) is 3.85. The second kappa shape index (κ2) is 6.08. The summed E-state index contributed by atoms with van der Waals surface area (Å²) in [7, 11) is 0. The lowest BCUT2D eigenvalue weighted by Crippen LogP contribution is -2.09. The number of halogens is 1. The van der Waals surface area contributed by atoms with Crippen LogP contribution in [0.5, 0.6) is 5.75 Å². The molecular weight excluding hydrogens is 269 g/mol. The molecule has 0 radical (unpaired) electrons. The smallest absolute Gasteiger partial charge is 0.162 e. The number of hydrogen-bond donors (Lipinski definition) is 2. The SMILES string of the molecule is CCNc1nc(-c2cc(O)cc(F)c2)nc(C)c1C(C)C. The molecule has 5 heteroatoms. The van der Waals surface area contributed by atoms with E-state index >= 15 is 0 Å². The van der Waals surface area contributed by atoms with Crippen molar-refractivity contribution in [2.75, 3.05) is 11.9 Å². The fraction of sp³-hybridized carbons (Fsp3) is 0.375. The average Bonchev–Trinajstić information content (AvgIpc) is 2.36. The molecule has 0 saturated carbocycles. The van der Waals surface area contributed by atoms with Gasteiger partial charge in [0.1, 0.15) is 17.4 Å². The molecule has 0 aliphatic rings. The standard InChI is InChI=1S/C16H20FN3O/c1-5-18-16-14(9(2)3)10(4)19-15(20-16)11-6-12(17)8-13(21)7-11/h6-9,21H,5H2,1-4H3,(H,18,19,20). The molecule has 1 aromatic heterocycles. The van der Waals surface area contributed by atoms with Crippen LogP contribution in [0.4, 0.5) is 10.2 Å². The van der Waals surface area contributed by atoms with Gasteiger partial charge in [-0.05, 0) is 31.9 Å². The number of aromatic hydroxyl groups is 1. The van der Waals surface area contributed by atoms with E-state index in [4.69, 9.17) is 0 Å². The number of phenolic OH excluding ortho intramolecular Hbond substituents is 1. The van der Waals surface area contributed by atoms with Crippen molar-refractivity contribution >= 4 is 5.82 Å². The monoisotopic (exact) mass is 289 g/mol. The van der Waals surface area contributed by atoms with Crippen LogP contribution in [0.1, 0.15) is 37.9 Å². The maximum absolute atomic E-state index is 13.4. The number of benzene rings is 1. The molecule has 4 nitrogen and oxygen atoms in total. The fourth-order valence-corrected chi connectivity index (χ4v) is 2.41. The summed E-state index contributed by atoms with van der Waals surface area (Å²) in [5.41, 5.74) is 2.38. The third-order valence-electron chi connectivity index (χ3n) is 3.20. The first-order chi connectivity index (χ1) is 9.92. The zero-order valence-electron chi connectivity index (χ0n) is 12.7. The Labute approximate surface area is 124 Å². The van der Waals surface area contributed by atoms with E-state index in [9.17, 15) is 9.50 Å². The van der Waals surface area contributed by atoms with E-state index in [1.54, 1.807) is 0 Å². The summed E-state index contributed by atoms with van der Waals surface area (Å²) >= 11 is 0. The van der Waals surface area contributed by atoms with E-state index in [-0.39, 0.29) is 11.7 Å². The molecule has 0 aliphatic carbocycles. The summed E-state index contributed by atoms with van der Waals surface area (Å²) in [4.78, 5) is 8.96. The van der Waals surface area contributed by atoms with Crippen molar-refractivity contribution in [1.29, 1.82) is 0 Å². The van der Waals surface area contributed by atoms with Gasteiger partial charge in [-0.3, -0.25) is 0 Å². The molecular formula is C16H20FN3O. The van der Waals surface area contributed by atoms with E-state index in [1.807, 2.05) is 13.8 Å². The van der Waals surface area contributed by atoms with Gasteiger partial charge in [-0.2, -0.15) is 0 Å². The molecule has 0 fully saturated rings. The number of rotatable bonds is 4. The van der Waals surface area contributed by atoms with Gasteiger partial charge < -0.3 is 10.4 Å². The summed E-state index contributed by atoms with van der Waals surface area (Å²) < 4.78 is 13.4. The van der Waals surface area contributed by atoms with Crippen molar-refractivity contribution in [2.24, 2.45) is 0 Å². The van der Waals surface area contributed by atoms with Gasteiger partial charge in [-0.15, -0.1) is 0 Å². The largest absolute Gasteiger partial charge is 0.508 e. The first kappa shape index (κ1) is 15.2. The van der Waals surface area contributed by atoms with E-state index < -0.39 is 5.82 Å². The Morgan fingerprint density at radius 2 is 1.95 bits per heavy atom. The molecule has 0 unspecified atom stereocenters. The predicted molar refractivity (Wildman–Crippen MR) is 82.1 cm³/mol. The Morgan fingerprint density at radius 3 is 2.52 bits per heavy atom. The molecule has 21 heavy (non-hydrogen) atoms. The van der Waals surface area contributed by atoms with E-state index in [2.05, 4.69) is 29.1 Å². The third kappa shape index (κ3) is 3.29. The van der Waals surface area contributed by atoms with Crippen molar-refractivity contribution in [1.82, 2.24) is 9.97 Å². The highest BCUT2D eigenvalue weighted by molar-refractivity contribution is 5.62. The van der Waals surface area contributed by atoms with Gasteiger partial charge >= 0.3 is 0 Å². The highest BCUT2D eigenvalue weighted by atomic mass is 19.1. The molecule has 2 rings (SSSR count). The van der Waals surface area contributed by atoms with Crippen molar-refractivity contribution in [2.45, 2.75) is 33.6 Å². The summed E-state index contributed by atoms with van der Waals surface area (Å²) in [6.45, 7) is 8.82. The lowest BCUT2D eigenvalue weighted by atomic mass is 10.0. The summed E-state index contributed by atoms with van der Waals surface area (Å²) in [6, 6.07) is 3.84. The molecule has 0 aliphatic heterocycles. The van der Waals surface area contributed by atoms with Crippen LogP contribution in [0, 0.1) is 12.7 Å². The second-order valence-corrected chi connectivity index (χ2v) is 5.28. The number of nitrogens with zero attached hydrogens (tertiary/aromatic N) is 2. The molecule has 112 valence electrons. The number of anilines is 1. The summed E-state index contributed by atoms with van der Waals surface area (Å²) in [5.74, 6) is 0.809. The lowest BCUT2D eigenvalue weighted by Gasteiger charge is -2.16. The number of phenols is 1. The lowest BCUT2D eigenvalue weighted by molar-refractivity contribution is 0.469. The van der Waals surface area contributed by atoms with Crippen molar-refractivity contribution < 1.29 is 9.50 Å². The summed E-state index contributed by atoms with van der Waals surface area (Å²) in [5, 5.41) is 12.8. The normalized spacial score (nSPS) is 11.0. The fourth-order valence-electron chi connectivity index (χ4n) is 2.41. The van der Waals surface area contributed by atoms with Gasteiger partial charge in [0.05, 0.1) is 0 Å². The molecule has 0 amide bonds. The van der Waals surface area contributed by atoms with Crippen LogP contribution in [0.2, 0.25) is 0 Å². The number of hydrogen-bond acceptors (Lipinski definition) is 4. The Kier molecular flexibility index (Phi) is 4.40. The van der Waals surface area contributed by atoms with Crippen LogP contribution < -0.4 is 5.32 Å². The number of aromatic nitrogens is 2. The maximum Gasteiger partial charge on any atom is 0.162 e. The number of aryl methyl sites for hydroxylation is 1. The summed E-state index contributed by atoms with van der Waals surface area (Å²) in [6.07, 6.45) is 0. The molecule has 2 aromatic rings. The quantitative estimate of drug-likeness (QED) is 0.897. The second-order valence-electron chi connectivity index (χ2n) is 5.28. The Bertz CT molecular complexity index is 636. The van der Waals surface area contributed by atoms with Crippen LogP contribution in [-0.4, -0.2) is 21.6 Å². The Morgan fingerprint density at radius 1 is 1.24 bits per heavy atom. The first-order valence-corrected chi connectivity index (χ1v) is 7.04. The first-order valence-electron chi connectivity index (χ1n) is 7.04. The van der Waals surface area contributed by atoms with Gasteiger partial charge in [-0.1, -0.05) is 13.8 Å². The minimum absolute atomic E-state index is 0.135. The molecule has 1 aromatic carbocycles. The molecule has 0 saturated heterocycles. The van der Waals surface area contributed by atoms with Crippen molar-refractivity contribution in [3.05, 3.63) is 35.3 Å². The maximum atomic E-state index is 13.4. The minimum Gasteiger partial charge on any atom is -0.508 e. The van der Waals surface area contributed by atoms with Gasteiger partial charge in [0, 0.05) is 29.4 Å². The number of nitrogens with one attached hydrogen (secondary N) is 1. The van der Waals surface area contributed by atoms with Gasteiger partial charge in [0.25, 0.3) is 0 Å². The average molecular weight is 289 g/mol. The van der Waals surface area contributed by atoms with Crippen LogP contribution >= 0.6 is 0 Å². The molecule has 2 N–H and O–H groups in total. The minimum atomic E-state index is -0.510. The van der Waals surface area contributed by atoms with Crippen molar-refractivity contribution in [3.8, 4) is 17.1 Å². The van der Waals surface area contributed by atoms with Crippen LogP contribution in [0.3, 0.4) is 0 Å². The zero-order chi connectivity index (χ0) is 15.6. The van der Waals surface area contributed by atoms with Gasteiger partial charge in [0.2, 0.25) is 0 Å². The Balaban J connectivity index is 2.60. The van der Waals surface area contributed by atoms with E-state index in [1.165, 1.54) is 12.1 Å². The topological polar surface area (TPSA) is 58.0 Å². The van der Waals surface area contributed by atoms with Gasteiger partial charge in [-0.25, -0.2) is 14.4 Å². The third-order valence-corrected chi connectivity index (χ3v) is 3.20. The van der Waals surface area contributed by atoms with E-state index in [0.717, 1.165) is 29.7 Å². The zero-order valence-corrected chi connectivity index (χ0v) is 12.7. The Hall–Kier alpha value is -2.17. The van der Waals surface area contributed by atoms with Crippen molar-refractivity contribution in [3.63, 3.8) is 0 Å². The van der Waals surface area contributed by atoms with Crippen LogP contribution in [0.25, 0.3) is 11.4 Å². The molecule has 0 atom stereocenters. The highest BCUT2D eigenvalue weighted by Gasteiger charge is 2.16. The van der Waals surface area contributed by atoms with Crippen LogP contribution in [-0.2, 0) is 0 Å². The molecule has 0 bridgehead atoms. The molecule has 1 heterocycles. The highest BCUT2D eigenvalue weighted by Crippen LogP contribution is 2.29. The molecule has 0 spiro atoms. The van der Waals surface area contributed by atoms with Gasteiger partial charge in [0.15, 0.2) is 5.82 Å². The van der Waals surface area contributed by atoms with E-state index in [0.29, 0.717) is 11.4 Å². The van der Waals surface area contributed by atoms with Crippen LogP contribution in [0.15, 0.2) is 18.2 Å².